The lowest BCUT2D eigenvalue weighted by atomic mass is 10.2. The summed E-state index contributed by atoms with van der Waals surface area (Å²) in [5.41, 5.74) is 3.14. The lowest BCUT2D eigenvalue weighted by Gasteiger charge is -2.13. The van der Waals surface area contributed by atoms with Gasteiger partial charge >= 0.3 is 0 Å². The van der Waals surface area contributed by atoms with Gasteiger partial charge in [0, 0.05) is 45.2 Å². The topological polar surface area (TPSA) is 85.6 Å². The number of pyridine rings is 1. The normalized spacial score (nSPS) is 16.9. The molecule has 1 aliphatic rings. The van der Waals surface area contributed by atoms with Crippen molar-refractivity contribution in [3.63, 3.8) is 0 Å². The van der Waals surface area contributed by atoms with Crippen LogP contribution in [0.3, 0.4) is 0 Å². The largest absolute Gasteiger partial charge is 0.379 e. The Kier molecular flexibility index (Phi) is 8.01. The van der Waals surface area contributed by atoms with Crippen molar-refractivity contribution in [2.75, 3.05) is 33.4 Å². The summed E-state index contributed by atoms with van der Waals surface area (Å²) in [6, 6.07) is 6.08. The third-order valence-corrected chi connectivity index (χ3v) is 4.80. The number of hydrogen-bond acceptors (Lipinski definition) is 5. The molecule has 2 aromatic rings. The molecule has 2 N–H and O–H groups in total. The highest BCUT2D eigenvalue weighted by molar-refractivity contribution is 5.79. The Morgan fingerprint density at radius 2 is 2.24 bits per heavy atom. The summed E-state index contributed by atoms with van der Waals surface area (Å²) in [7, 11) is 1.77. The summed E-state index contributed by atoms with van der Waals surface area (Å²) in [4.78, 5) is 8.79. The number of rotatable bonds is 9. The third-order valence-electron chi connectivity index (χ3n) is 4.80. The second kappa shape index (κ2) is 10.9. The monoisotopic (exact) mass is 400 g/mol. The molecule has 1 fully saturated rings. The zero-order chi connectivity index (χ0) is 20.5. The van der Waals surface area contributed by atoms with Crippen LogP contribution >= 0.6 is 0 Å². The number of aryl methyl sites for hydroxylation is 2. The molecule has 0 bridgehead atoms. The Labute approximate surface area is 172 Å². The quantitative estimate of drug-likeness (QED) is 0.381. The Balaban J connectivity index is 1.35. The average Bonchev–Trinajstić information content (AvgIpc) is 3.36. The Bertz CT molecular complexity index is 781. The standard InChI is InChI=1S/C21H32N6O2/c1-16-12-17(2)27(26-16)20-8-7-18(13-24-20)14-25-21(22-3)23-9-5-10-28-15-19-6-4-11-29-19/h7-8,12-13,19H,4-6,9-11,14-15H2,1-3H3,(H2,22,23,25). The van der Waals surface area contributed by atoms with Gasteiger partial charge in [0.1, 0.15) is 0 Å². The maximum absolute atomic E-state index is 5.68. The Hall–Kier alpha value is -2.45. The lowest BCUT2D eigenvalue weighted by molar-refractivity contribution is 0.0168. The zero-order valence-electron chi connectivity index (χ0n) is 17.6. The minimum Gasteiger partial charge on any atom is -0.379 e. The van der Waals surface area contributed by atoms with Crippen molar-refractivity contribution in [1.82, 2.24) is 25.4 Å². The molecule has 2 aromatic heterocycles. The van der Waals surface area contributed by atoms with E-state index in [0.717, 1.165) is 67.7 Å². The first-order valence-corrected chi connectivity index (χ1v) is 10.3. The summed E-state index contributed by atoms with van der Waals surface area (Å²) >= 11 is 0. The molecule has 1 saturated heterocycles. The van der Waals surface area contributed by atoms with E-state index in [2.05, 4.69) is 31.8 Å². The molecule has 0 aromatic carbocycles. The summed E-state index contributed by atoms with van der Waals surface area (Å²) in [5, 5.41) is 11.1. The van der Waals surface area contributed by atoms with Crippen LogP contribution in [-0.4, -0.2) is 60.2 Å². The van der Waals surface area contributed by atoms with Gasteiger partial charge in [-0.15, -0.1) is 0 Å². The number of aliphatic imine (C=N–C) groups is 1. The van der Waals surface area contributed by atoms with Gasteiger partial charge < -0.3 is 20.1 Å². The van der Waals surface area contributed by atoms with Crippen molar-refractivity contribution in [3.8, 4) is 5.82 Å². The van der Waals surface area contributed by atoms with E-state index in [1.165, 1.54) is 0 Å². The molecule has 3 rings (SSSR count). The molecular formula is C21H32N6O2. The van der Waals surface area contributed by atoms with E-state index in [4.69, 9.17) is 9.47 Å². The van der Waals surface area contributed by atoms with E-state index in [-0.39, 0.29) is 0 Å². The molecule has 0 radical (unpaired) electrons. The minimum absolute atomic E-state index is 0.290. The predicted octanol–water partition coefficient (Wildman–Crippen LogP) is 2.13. The molecule has 0 amide bonds. The molecular weight excluding hydrogens is 368 g/mol. The zero-order valence-corrected chi connectivity index (χ0v) is 17.6. The number of ether oxygens (including phenoxy) is 2. The fourth-order valence-corrected chi connectivity index (χ4v) is 3.29. The van der Waals surface area contributed by atoms with Crippen molar-refractivity contribution in [3.05, 3.63) is 41.3 Å². The van der Waals surface area contributed by atoms with Crippen LogP contribution < -0.4 is 10.6 Å². The number of nitrogens with zero attached hydrogens (tertiary/aromatic N) is 4. The van der Waals surface area contributed by atoms with Crippen LogP contribution in [0.2, 0.25) is 0 Å². The van der Waals surface area contributed by atoms with Crippen molar-refractivity contribution < 1.29 is 9.47 Å². The van der Waals surface area contributed by atoms with Gasteiger partial charge in [-0.2, -0.15) is 5.10 Å². The maximum Gasteiger partial charge on any atom is 0.191 e. The first-order valence-electron chi connectivity index (χ1n) is 10.3. The molecule has 1 aliphatic heterocycles. The molecule has 8 nitrogen and oxygen atoms in total. The Morgan fingerprint density at radius 3 is 2.90 bits per heavy atom. The van der Waals surface area contributed by atoms with Crippen LogP contribution in [0.15, 0.2) is 29.4 Å². The van der Waals surface area contributed by atoms with Crippen LogP contribution in [0.5, 0.6) is 0 Å². The van der Waals surface area contributed by atoms with Crippen LogP contribution in [0, 0.1) is 13.8 Å². The average molecular weight is 401 g/mol. The molecule has 0 aliphatic carbocycles. The van der Waals surface area contributed by atoms with Gasteiger partial charge in [0.05, 0.1) is 18.4 Å². The van der Waals surface area contributed by atoms with Crippen LogP contribution in [0.25, 0.3) is 5.82 Å². The van der Waals surface area contributed by atoms with Gasteiger partial charge in [0.15, 0.2) is 11.8 Å². The first-order chi connectivity index (χ1) is 14.2. The van der Waals surface area contributed by atoms with Gasteiger partial charge in [0.25, 0.3) is 0 Å². The predicted molar refractivity (Wildman–Crippen MR) is 113 cm³/mol. The van der Waals surface area contributed by atoms with Crippen LogP contribution in [0.4, 0.5) is 0 Å². The van der Waals surface area contributed by atoms with Gasteiger partial charge in [-0.1, -0.05) is 6.07 Å². The highest BCUT2D eigenvalue weighted by atomic mass is 16.5. The molecule has 1 unspecified atom stereocenters. The molecule has 158 valence electrons. The fraction of sp³-hybridized carbons (Fsp3) is 0.571. The highest BCUT2D eigenvalue weighted by Gasteiger charge is 2.14. The van der Waals surface area contributed by atoms with Crippen molar-refractivity contribution >= 4 is 5.96 Å². The van der Waals surface area contributed by atoms with Crippen LogP contribution in [0.1, 0.15) is 36.2 Å². The highest BCUT2D eigenvalue weighted by Crippen LogP contribution is 2.12. The fourth-order valence-electron chi connectivity index (χ4n) is 3.29. The summed E-state index contributed by atoms with van der Waals surface area (Å²) in [6.07, 6.45) is 5.35. The Morgan fingerprint density at radius 1 is 1.34 bits per heavy atom. The van der Waals surface area contributed by atoms with E-state index in [0.29, 0.717) is 19.3 Å². The summed E-state index contributed by atoms with van der Waals surface area (Å²) in [5.74, 6) is 1.59. The van der Waals surface area contributed by atoms with E-state index in [1.54, 1.807) is 7.05 Å². The molecule has 0 spiro atoms. The van der Waals surface area contributed by atoms with Crippen molar-refractivity contribution in [2.24, 2.45) is 4.99 Å². The third kappa shape index (κ3) is 6.54. The number of aromatic nitrogens is 3. The van der Waals surface area contributed by atoms with Gasteiger partial charge in [-0.25, -0.2) is 9.67 Å². The van der Waals surface area contributed by atoms with Crippen molar-refractivity contribution in [1.29, 1.82) is 0 Å². The van der Waals surface area contributed by atoms with Gasteiger partial charge in [0.2, 0.25) is 0 Å². The summed E-state index contributed by atoms with van der Waals surface area (Å²) in [6.45, 7) is 7.77. The van der Waals surface area contributed by atoms with Gasteiger partial charge in [-0.05, 0) is 50.8 Å². The second-order valence-corrected chi connectivity index (χ2v) is 7.28. The van der Waals surface area contributed by atoms with E-state index in [1.807, 2.05) is 36.9 Å². The number of hydrogen-bond donors (Lipinski definition) is 2. The number of guanidine groups is 1. The lowest BCUT2D eigenvalue weighted by Crippen LogP contribution is -2.37. The maximum atomic E-state index is 5.68. The first kappa shape index (κ1) is 21.3. The molecule has 1 atom stereocenters. The molecule has 8 heteroatoms. The summed E-state index contributed by atoms with van der Waals surface area (Å²) < 4.78 is 13.1. The minimum atomic E-state index is 0.290. The van der Waals surface area contributed by atoms with E-state index < -0.39 is 0 Å². The SMILES string of the molecule is CN=C(NCCCOCC1CCCO1)NCc1ccc(-n2nc(C)cc2C)nc1. The van der Waals surface area contributed by atoms with Gasteiger partial charge in [-0.3, -0.25) is 4.99 Å². The van der Waals surface area contributed by atoms with E-state index in [9.17, 15) is 0 Å². The van der Waals surface area contributed by atoms with Crippen LogP contribution in [-0.2, 0) is 16.0 Å². The smallest absolute Gasteiger partial charge is 0.191 e. The molecule has 29 heavy (non-hydrogen) atoms. The number of nitrogens with one attached hydrogen (secondary N) is 2. The second-order valence-electron chi connectivity index (χ2n) is 7.28. The molecule has 3 heterocycles. The van der Waals surface area contributed by atoms with Crippen molar-refractivity contribution in [2.45, 2.75) is 45.8 Å². The van der Waals surface area contributed by atoms with E-state index >= 15 is 0 Å². The molecule has 0 saturated carbocycles.